The summed E-state index contributed by atoms with van der Waals surface area (Å²) in [5.41, 5.74) is 2.73. The van der Waals surface area contributed by atoms with Crippen molar-refractivity contribution in [3.8, 4) is 11.4 Å². The number of carbonyl (C=O) groups excluding carboxylic acids is 2. The lowest BCUT2D eigenvalue weighted by molar-refractivity contribution is 0.0526. The zero-order valence-corrected chi connectivity index (χ0v) is 17.1. The van der Waals surface area contributed by atoms with Crippen LogP contribution in [0.2, 0.25) is 0 Å². The summed E-state index contributed by atoms with van der Waals surface area (Å²) in [6.45, 7) is 2.08. The van der Waals surface area contributed by atoms with Crippen molar-refractivity contribution < 1.29 is 14.3 Å². The first kappa shape index (κ1) is 19.3. The summed E-state index contributed by atoms with van der Waals surface area (Å²) >= 11 is 1.47. The molecule has 150 valence electrons. The van der Waals surface area contributed by atoms with Gasteiger partial charge in [0.15, 0.2) is 5.82 Å². The molecule has 0 unspecified atom stereocenters. The number of fused-ring (bicyclic) bond motifs is 1. The molecule has 0 fully saturated rings. The van der Waals surface area contributed by atoms with Gasteiger partial charge in [-0.3, -0.25) is 4.79 Å². The van der Waals surface area contributed by atoms with Gasteiger partial charge in [-0.2, -0.15) is 0 Å². The SMILES string of the molecule is CCOC(=O)c1c(NC(=O)c2cccc(-c3nnnn3C)c2)sc2c1CCCC2. The van der Waals surface area contributed by atoms with E-state index in [1.807, 2.05) is 6.07 Å². The first-order chi connectivity index (χ1) is 14.1. The van der Waals surface area contributed by atoms with Gasteiger partial charge in [-0.25, -0.2) is 9.48 Å². The monoisotopic (exact) mass is 411 g/mol. The number of rotatable bonds is 5. The molecule has 1 N–H and O–H groups in total. The highest BCUT2D eigenvalue weighted by Crippen LogP contribution is 2.38. The minimum absolute atomic E-state index is 0.286. The summed E-state index contributed by atoms with van der Waals surface area (Å²) in [4.78, 5) is 26.7. The van der Waals surface area contributed by atoms with Gasteiger partial charge < -0.3 is 10.1 Å². The largest absolute Gasteiger partial charge is 0.462 e. The average Bonchev–Trinajstić information content (AvgIpc) is 3.31. The van der Waals surface area contributed by atoms with Crippen LogP contribution in [0.25, 0.3) is 11.4 Å². The van der Waals surface area contributed by atoms with E-state index < -0.39 is 0 Å². The maximum absolute atomic E-state index is 13.0. The van der Waals surface area contributed by atoms with Crippen molar-refractivity contribution in [3.05, 3.63) is 45.8 Å². The Kier molecular flexibility index (Phi) is 5.39. The van der Waals surface area contributed by atoms with E-state index in [2.05, 4.69) is 20.8 Å². The van der Waals surface area contributed by atoms with Crippen molar-refractivity contribution in [1.82, 2.24) is 20.2 Å². The van der Waals surface area contributed by atoms with Crippen molar-refractivity contribution in [3.63, 3.8) is 0 Å². The number of amides is 1. The first-order valence-corrected chi connectivity index (χ1v) is 10.4. The first-order valence-electron chi connectivity index (χ1n) is 9.54. The van der Waals surface area contributed by atoms with Crippen LogP contribution in [-0.2, 0) is 24.6 Å². The van der Waals surface area contributed by atoms with E-state index in [-0.39, 0.29) is 11.9 Å². The minimum Gasteiger partial charge on any atom is -0.462 e. The highest BCUT2D eigenvalue weighted by Gasteiger charge is 2.27. The van der Waals surface area contributed by atoms with Gasteiger partial charge in [0.25, 0.3) is 5.91 Å². The molecule has 1 aliphatic rings. The number of thiophene rings is 1. The normalized spacial score (nSPS) is 13.0. The molecule has 29 heavy (non-hydrogen) atoms. The van der Waals surface area contributed by atoms with Gasteiger partial charge in [0.2, 0.25) is 0 Å². The molecule has 4 rings (SSSR count). The van der Waals surface area contributed by atoms with E-state index >= 15 is 0 Å². The number of hydrogen-bond donors (Lipinski definition) is 1. The van der Waals surface area contributed by atoms with Gasteiger partial charge in [-0.15, -0.1) is 16.4 Å². The number of hydrogen-bond acceptors (Lipinski definition) is 7. The van der Waals surface area contributed by atoms with Crippen molar-refractivity contribution in [2.45, 2.75) is 32.6 Å². The molecule has 0 spiro atoms. The molecule has 0 bridgehead atoms. The van der Waals surface area contributed by atoms with Crippen LogP contribution in [0.4, 0.5) is 5.00 Å². The third-order valence-electron chi connectivity index (χ3n) is 4.88. The Labute approximate surface area is 171 Å². The second-order valence-electron chi connectivity index (χ2n) is 6.80. The zero-order valence-electron chi connectivity index (χ0n) is 16.3. The number of ether oxygens (including phenoxy) is 1. The fraction of sp³-hybridized carbons (Fsp3) is 0.350. The Hall–Kier alpha value is -3.07. The fourth-order valence-corrected chi connectivity index (χ4v) is 4.79. The average molecular weight is 411 g/mol. The number of benzene rings is 1. The number of esters is 1. The lowest BCUT2D eigenvalue weighted by atomic mass is 9.95. The maximum Gasteiger partial charge on any atom is 0.341 e. The Morgan fingerprint density at radius 1 is 1.28 bits per heavy atom. The van der Waals surface area contributed by atoms with Gasteiger partial charge in [0.05, 0.1) is 12.2 Å². The second-order valence-corrected chi connectivity index (χ2v) is 7.90. The van der Waals surface area contributed by atoms with Crippen molar-refractivity contribution in [2.24, 2.45) is 7.05 Å². The van der Waals surface area contributed by atoms with E-state index in [0.29, 0.717) is 28.6 Å². The summed E-state index contributed by atoms with van der Waals surface area (Å²) in [6.07, 6.45) is 3.90. The smallest absolute Gasteiger partial charge is 0.341 e. The number of anilines is 1. The summed E-state index contributed by atoms with van der Waals surface area (Å²) in [5.74, 6) is -0.0920. The minimum atomic E-state index is -0.374. The van der Waals surface area contributed by atoms with Crippen LogP contribution in [0.5, 0.6) is 0 Å². The third kappa shape index (κ3) is 3.77. The number of aromatic nitrogens is 4. The number of nitrogens with zero attached hydrogens (tertiary/aromatic N) is 4. The molecular weight excluding hydrogens is 390 g/mol. The van der Waals surface area contributed by atoms with Crippen molar-refractivity contribution in [1.29, 1.82) is 0 Å². The lowest BCUT2D eigenvalue weighted by Crippen LogP contribution is -2.16. The highest BCUT2D eigenvalue weighted by molar-refractivity contribution is 7.17. The van der Waals surface area contributed by atoms with E-state index in [1.54, 1.807) is 36.9 Å². The lowest BCUT2D eigenvalue weighted by Gasteiger charge is -2.12. The molecule has 0 aliphatic heterocycles. The second kappa shape index (κ2) is 8.12. The number of aryl methyl sites for hydroxylation is 2. The number of tetrazole rings is 1. The van der Waals surface area contributed by atoms with Crippen LogP contribution in [-0.4, -0.2) is 38.7 Å². The molecule has 9 heteroatoms. The van der Waals surface area contributed by atoms with E-state index in [9.17, 15) is 9.59 Å². The van der Waals surface area contributed by atoms with Crippen LogP contribution < -0.4 is 5.32 Å². The molecule has 1 aliphatic carbocycles. The molecule has 1 amide bonds. The molecular formula is C20H21N5O3S. The highest BCUT2D eigenvalue weighted by atomic mass is 32.1. The molecule has 8 nitrogen and oxygen atoms in total. The maximum atomic E-state index is 13.0. The van der Waals surface area contributed by atoms with Gasteiger partial charge in [0.1, 0.15) is 5.00 Å². The van der Waals surface area contributed by atoms with Gasteiger partial charge in [0, 0.05) is 23.1 Å². The summed E-state index contributed by atoms with van der Waals surface area (Å²) in [6, 6.07) is 7.08. The Balaban J connectivity index is 1.64. The molecule has 0 saturated carbocycles. The Morgan fingerprint density at radius 2 is 2.10 bits per heavy atom. The molecule has 0 saturated heterocycles. The fourth-order valence-electron chi connectivity index (χ4n) is 3.52. The summed E-state index contributed by atoms with van der Waals surface area (Å²) < 4.78 is 6.80. The Bertz CT molecular complexity index is 1070. The van der Waals surface area contributed by atoms with E-state index in [0.717, 1.165) is 41.7 Å². The van der Waals surface area contributed by atoms with E-state index in [1.165, 1.54) is 11.3 Å². The molecule has 3 aromatic rings. The molecule has 1 aromatic carbocycles. The zero-order chi connectivity index (χ0) is 20.4. The van der Waals surface area contributed by atoms with Gasteiger partial charge >= 0.3 is 5.97 Å². The standard InChI is InChI=1S/C20H21N5O3S/c1-3-28-20(27)16-14-9-4-5-10-15(14)29-19(16)21-18(26)13-8-6-7-12(11-13)17-22-23-24-25(17)2/h6-8,11H,3-5,9-10H2,1-2H3,(H,21,26). The van der Waals surface area contributed by atoms with Crippen LogP contribution in [0.3, 0.4) is 0 Å². The van der Waals surface area contributed by atoms with E-state index in [4.69, 9.17) is 4.74 Å². The van der Waals surface area contributed by atoms with Crippen molar-refractivity contribution >= 4 is 28.2 Å². The number of carbonyl (C=O) groups is 2. The summed E-state index contributed by atoms with van der Waals surface area (Å²) in [5, 5.41) is 14.9. The molecule has 2 aromatic heterocycles. The Morgan fingerprint density at radius 3 is 2.86 bits per heavy atom. The molecule has 0 atom stereocenters. The predicted octanol–water partition coefficient (Wildman–Crippen LogP) is 3.25. The van der Waals surface area contributed by atoms with Gasteiger partial charge in [-0.1, -0.05) is 12.1 Å². The topological polar surface area (TPSA) is 99.0 Å². The van der Waals surface area contributed by atoms with Gasteiger partial charge in [-0.05, 0) is 60.7 Å². The van der Waals surface area contributed by atoms with Crippen LogP contribution in [0.1, 0.15) is 50.9 Å². The predicted molar refractivity (Wildman–Crippen MR) is 109 cm³/mol. The van der Waals surface area contributed by atoms with Crippen molar-refractivity contribution in [2.75, 3.05) is 11.9 Å². The quantitative estimate of drug-likeness (QED) is 0.647. The van der Waals surface area contributed by atoms with Crippen LogP contribution in [0, 0.1) is 0 Å². The third-order valence-corrected chi connectivity index (χ3v) is 6.09. The van der Waals surface area contributed by atoms with Crippen LogP contribution in [0.15, 0.2) is 24.3 Å². The number of nitrogens with one attached hydrogen (secondary N) is 1. The van der Waals surface area contributed by atoms with Crippen LogP contribution >= 0.6 is 11.3 Å². The summed E-state index contributed by atoms with van der Waals surface area (Å²) in [7, 11) is 1.74. The molecule has 0 radical (unpaired) electrons. The molecule has 2 heterocycles.